The fourth-order valence-corrected chi connectivity index (χ4v) is 6.04. The number of hydrogen-bond acceptors (Lipinski definition) is 4. The molecule has 2 N–H and O–H groups in total. The molecule has 3 rings (SSSR count). The van der Waals surface area contributed by atoms with E-state index in [0.29, 0.717) is 16.8 Å². The molecule has 0 bridgehead atoms. The lowest BCUT2D eigenvalue weighted by Gasteiger charge is -2.40. The molecule has 0 aromatic carbocycles. The van der Waals surface area contributed by atoms with Gasteiger partial charge >= 0.3 is 0 Å². The third-order valence-electron chi connectivity index (χ3n) is 4.73. The lowest BCUT2D eigenvalue weighted by Crippen LogP contribution is -2.51. The van der Waals surface area contributed by atoms with Gasteiger partial charge in [0.05, 0.1) is 0 Å². The van der Waals surface area contributed by atoms with Crippen molar-refractivity contribution in [2.45, 2.75) is 49.3 Å². The average molecular weight is 314 g/mol. The van der Waals surface area contributed by atoms with E-state index in [-0.39, 0.29) is 5.41 Å². The summed E-state index contributed by atoms with van der Waals surface area (Å²) in [5, 5.41) is 5.45. The van der Waals surface area contributed by atoms with Crippen LogP contribution in [0.25, 0.3) is 0 Å². The summed E-state index contributed by atoms with van der Waals surface area (Å²) in [7, 11) is -3.34. The largest absolute Gasteiger partial charge is 0.313 e. The summed E-state index contributed by atoms with van der Waals surface area (Å²) in [4.78, 5) is 0. The van der Waals surface area contributed by atoms with Crippen LogP contribution in [-0.2, 0) is 10.0 Å². The van der Waals surface area contributed by atoms with E-state index in [1.54, 1.807) is 6.07 Å². The highest BCUT2D eigenvalue weighted by Gasteiger charge is 2.44. The summed E-state index contributed by atoms with van der Waals surface area (Å²) in [5.74, 6) is 0. The molecule has 1 saturated carbocycles. The van der Waals surface area contributed by atoms with Crippen molar-refractivity contribution in [2.24, 2.45) is 5.41 Å². The smallest absolute Gasteiger partial charge is 0.250 e. The number of rotatable bonds is 4. The van der Waals surface area contributed by atoms with Gasteiger partial charge in [0.2, 0.25) is 10.0 Å². The Morgan fingerprint density at radius 1 is 1.45 bits per heavy atom. The molecule has 1 aromatic heterocycles. The maximum atomic E-state index is 12.4. The molecule has 20 heavy (non-hydrogen) atoms. The van der Waals surface area contributed by atoms with Crippen molar-refractivity contribution >= 4 is 21.4 Å². The Morgan fingerprint density at radius 3 is 3.00 bits per heavy atom. The van der Waals surface area contributed by atoms with E-state index in [1.807, 2.05) is 12.3 Å². The van der Waals surface area contributed by atoms with Gasteiger partial charge in [0.1, 0.15) is 4.21 Å². The van der Waals surface area contributed by atoms with Crippen molar-refractivity contribution in [3.63, 3.8) is 0 Å². The van der Waals surface area contributed by atoms with Crippen molar-refractivity contribution in [3.8, 4) is 0 Å². The van der Waals surface area contributed by atoms with Gasteiger partial charge in [0.15, 0.2) is 0 Å². The van der Waals surface area contributed by atoms with E-state index >= 15 is 0 Å². The molecule has 1 aliphatic carbocycles. The molecule has 0 amide bonds. The minimum absolute atomic E-state index is 0.137. The second-order valence-electron chi connectivity index (χ2n) is 6.13. The molecular formula is C14H22N2O2S2. The number of sulfonamides is 1. The minimum atomic E-state index is -3.34. The molecule has 2 unspecified atom stereocenters. The predicted octanol–water partition coefficient (Wildman–Crippen LogP) is 2.26. The first-order valence-corrected chi connectivity index (χ1v) is 9.66. The van der Waals surface area contributed by atoms with Crippen LogP contribution in [0.5, 0.6) is 0 Å². The van der Waals surface area contributed by atoms with Gasteiger partial charge in [-0.05, 0) is 61.6 Å². The van der Waals surface area contributed by atoms with Crippen LogP contribution < -0.4 is 10.0 Å². The summed E-state index contributed by atoms with van der Waals surface area (Å²) in [5.41, 5.74) is 1.14. The number of thiophene rings is 1. The molecule has 2 fully saturated rings. The van der Waals surface area contributed by atoms with E-state index in [2.05, 4.69) is 10.0 Å². The Bertz CT molecular complexity index is 582. The number of fused-ring (bicyclic) bond motifs is 1. The van der Waals surface area contributed by atoms with Gasteiger partial charge in [-0.3, -0.25) is 0 Å². The Hall–Kier alpha value is -0.430. The monoisotopic (exact) mass is 314 g/mol. The van der Waals surface area contributed by atoms with E-state index in [1.165, 1.54) is 24.2 Å². The van der Waals surface area contributed by atoms with Crippen LogP contribution in [0, 0.1) is 12.3 Å². The first-order chi connectivity index (χ1) is 9.52. The van der Waals surface area contributed by atoms with E-state index in [9.17, 15) is 8.42 Å². The third-order valence-corrected chi connectivity index (χ3v) is 7.69. The van der Waals surface area contributed by atoms with Gasteiger partial charge in [-0.15, -0.1) is 11.3 Å². The van der Waals surface area contributed by atoms with E-state index < -0.39 is 10.0 Å². The second kappa shape index (κ2) is 5.40. The van der Waals surface area contributed by atoms with Crippen molar-refractivity contribution in [1.29, 1.82) is 0 Å². The van der Waals surface area contributed by atoms with Crippen LogP contribution >= 0.6 is 11.3 Å². The predicted molar refractivity (Wildman–Crippen MR) is 81.6 cm³/mol. The molecular weight excluding hydrogens is 292 g/mol. The standard InChI is InChI=1S/C14H22N2O2S2/c1-11-8-13(19-9-11)20(17,18)16-10-14-5-2-4-12(14)15-7-3-6-14/h8-9,12,15-16H,2-7,10H2,1H3. The molecule has 1 saturated heterocycles. The van der Waals surface area contributed by atoms with Crippen LogP contribution in [0.1, 0.15) is 37.7 Å². The molecule has 2 aliphatic rings. The highest BCUT2D eigenvalue weighted by Crippen LogP contribution is 2.44. The van der Waals surface area contributed by atoms with Crippen LogP contribution in [0.15, 0.2) is 15.7 Å². The van der Waals surface area contributed by atoms with Gasteiger partial charge in [-0.2, -0.15) is 0 Å². The lowest BCUT2D eigenvalue weighted by molar-refractivity contribution is 0.169. The summed E-state index contributed by atoms with van der Waals surface area (Å²) >= 11 is 1.30. The topological polar surface area (TPSA) is 58.2 Å². The van der Waals surface area contributed by atoms with Crippen LogP contribution in [0.4, 0.5) is 0 Å². The first-order valence-electron chi connectivity index (χ1n) is 7.30. The van der Waals surface area contributed by atoms with Gasteiger partial charge < -0.3 is 5.32 Å². The molecule has 1 aromatic rings. The average Bonchev–Trinajstić information content (AvgIpc) is 3.03. The lowest BCUT2D eigenvalue weighted by atomic mass is 9.76. The third kappa shape index (κ3) is 2.66. The quantitative estimate of drug-likeness (QED) is 0.896. The van der Waals surface area contributed by atoms with Gasteiger partial charge in [-0.25, -0.2) is 13.1 Å². The molecule has 2 atom stereocenters. The molecule has 112 valence electrons. The van der Waals surface area contributed by atoms with Crippen molar-refractivity contribution in [1.82, 2.24) is 10.0 Å². The Balaban J connectivity index is 1.72. The molecule has 2 heterocycles. The molecule has 0 radical (unpaired) electrons. The van der Waals surface area contributed by atoms with Crippen LogP contribution in [0.3, 0.4) is 0 Å². The van der Waals surface area contributed by atoms with Crippen LogP contribution in [0.2, 0.25) is 0 Å². The number of aryl methyl sites for hydroxylation is 1. The Labute approximate surface area is 125 Å². The number of hydrogen-bond donors (Lipinski definition) is 2. The zero-order chi connectivity index (χ0) is 14.2. The molecule has 4 nitrogen and oxygen atoms in total. The summed E-state index contributed by atoms with van der Waals surface area (Å²) in [6, 6.07) is 2.24. The van der Waals surface area contributed by atoms with Crippen molar-refractivity contribution in [3.05, 3.63) is 17.0 Å². The van der Waals surface area contributed by atoms with Crippen molar-refractivity contribution in [2.75, 3.05) is 13.1 Å². The van der Waals surface area contributed by atoms with Gasteiger partial charge in [0.25, 0.3) is 0 Å². The molecule has 6 heteroatoms. The highest BCUT2D eigenvalue weighted by molar-refractivity contribution is 7.91. The fourth-order valence-electron chi connectivity index (χ4n) is 3.63. The zero-order valence-corrected chi connectivity index (χ0v) is 13.4. The van der Waals surface area contributed by atoms with Crippen molar-refractivity contribution < 1.29 is 8.42 Å². The number of nitrogens with one attached hydrogen (secondary N) is 2. The summed E-state index contributed by atoms with van der Waals surface area (Å²) in [6.45, 7) is 3.57. The van der Waals surface area contributed by atoms with Gasteiger partial charge in [0, 0.05) is 12.6 Å². The normalized spacial score (nSPS) is 30.4. The molecule has 1 aliphatic heterocycles. The van der Waals surface area contributed by atoms with Crippen LogP contribution in [-0.4, -0.2) is 27.5 Å². The number of piperidine rings is 1. The summed E-state index contributed by atoms with van der Waals surface area (Å²) in [6.07, 6.45) is 5.81. The SMILES string of the molecule is Cc1csc(S(=O)(=O)NCC23CCCNC2CCC3)c1. The first kappa shape index (κ1) is 14.5. The van der Waals surface area contributed by atoms with Gasteiger partial charge in [-0.1, -0.05) is 6.42 Å². The second-order valence-corrected chi connectivity index (χ2v) is 9.04. The minimum Gasteiger partial charge on any atom is -0.313 e. The maximum absolute atomic E-state index is 12.4. The zero-order valence-electron chi connectivity index (χ0n) is 11.8. The maximum Gasteiger partial charge on any atom is 0.250 e. The fraction of sp³-hybridized carbons (Fsp3) is 0.714. The highest BCUT2D eigenvalue weighted by atomic mass is 32.2. The van der Waals surface area contributed by atoms with E-state index in [4.69, 9.17) is 0 Å². The molecule has 0 spiro atoms. The Kier molecular flexibility index (Phi) is 3.92. The summed E-state index contributed by atoms with van der Waals surface area (Å²) < 4.78 is 28.0. The Morgan fingerprint density at radius 2 is 2.25 bits per heavy atom. The van der Waals surface area contributed by atoms with E-state index in [0.717, 1.165) is 31.4 Å².